The number of hydrogen-bond acceptors (Lipinski definition) is 5. The maximum Gasteiger partial charge on any atom is 0.433 e. The van der Waals surface area contributed by atoms with Crippen LogP contribution in [-0.2, 0) is 22.7 Å². The van der Waals surface area contributed by atoms with Crippen LogP contribution in [0.4, 0.5) is 13.2 Å². The Balaban J connectivity index is 2.26. The number of methoxy groups -OCH3 is 1. The van der Waals surface area contributed by atoms with E-state index in [2.05, 4.69) is 5.10 Å². The molecule has 0 spiro atoms. The van der Waals surface area contributed by atoms with Gasteiger partial charge in [-0.25, -0.2) is 13.6 Å². The van der Waals surface area contributed by atoms with Crippen molar-refractivity contribution in [2.45, 2.75) is 17.6 Å². The largest absolute Gasteiger partial charge is 0.497 e. The average molecular weight is 469 g/mol. The summed E-state index contributed by atoms with van der Waals surface area (Å²) in [6.07, 6.45) is -4.67. The van der Waals surface area contributed by atoms with Gasteiger partial charge >= 0.3 is 6.18 Å². The van der Waals surface area contributed by atoms with Crippen LogP contribution in [0.2, 0.25) is 0 Å². The van der Waals surface area contributed by atoms with Gasteiger partial charge in [0.2, 0.25) is 10.0 Å². The van der Waals surface area contributed by atoms with E-state index in [0.717, 1.165) is 4.68 Å². The minimum Gasteiger partial charge on any atom is -0.497 e. The van der Waals surface area contributed by atoms with E-state index >= 15 is 0 Å². The Morgan fingerprint density at radius 1 is 1.03 bits per heavy atom. The Labute approximate surface area is 184 Å². The molecule has 0 amide bonds. The van der Waals surface area contributed by atoms with Crippen LogP contribution in [0.15, 0.2) is 53.4 Å². The zero-order valence-corrected chi connectivity index (χ0v) is 18.5. The molecule has 0 radical (unpaired) electrons. The minimum atomic E-state index is -4.67. The van der Waals surface area contributed by atoms with Gasteiger partial charge in [-0.2, -0.15) is 18.3 Å². The molecule has 2 N–H and O–H groups in total. The smallest absolute Gasteiger partial charge is 0.433 e. The molecule has 0 unspecified atom stereocenters. The van der Waals surface area contributed by atoms with Crippen LogP contribution < -0.4 is 9.88 Å². The number of sulfonamides is 1. The van der Waals surface area contributed by atoms with Crippen molar-refractivity contribution in [3.8, 4) is 28.1 Å². The second kappa shape index (κ2) is 8.93. The molecule has 7 nitrogen and oxygen atoms in total. The molecular weight excluding hydrogens is 445 g/mol. The normalized spacial score (nSPS) is 12.4. The molecule has 2 aromatic carbocycles. The van der Waals surface area contributed by atoms with Gasteiger partial charge < -0.3 is 9.64 Å². The van der Waals surface area contributed by atoms with Crippen molar-refractivity contribution >= 4 is 10.0 Å². The van der Waals surface area contributed by atoms with E-state index < -0.39 is 21.9 Å². The molecule has 3 rings (SSSR count). The minimum absolute atomic E-state index is 0.0141. The van der Waals surface area contributed by atoms with Gasteiger partial charge in [-0.15, -0.1) is 0 Å². The van der Waals surface area contributed by atoms with E-state index in [1.807, 2.05) is 0 Å². The van der Waals surface area contributed by atoms with E-state index in [1.165, 1.54) is 43.5 Å². The number of ether oxygens (including phenoxy) is 1. The van der Waals surface area contributed by atoms with Crippen LogP contribution >= 0.6 is 0 Å². The van der Waals surface area contributed by atoms with Crippen molar-refractivity contribution in [3.05, 3.63) is 54.2 Å². The highest BCUT2D eigenvalue weighted by molar-refractivity contribution is 7.89. The molecule has 0 fully saturated rings. The highest BCUT2D eigenvalue weighted by atomic mass is 32.2. The summed E-state index contributed by atoms with van der Waals surface area (Å²) in [6.45, 7) is 0.358. The lowest BCUT2D eigenvalue weighted by Crippen LogP contribution is -2.23. The van der Waals surface area contributed by atoms with Gasteiger partial charge in [-0.1, -0.05) is 24.3 Å². The van der Waals surface area contributed by atoms with E-state index in [4.69, 9.17) is 9.88 Å². The van der Waals surface area contributed by atoms with Gasteiger partial charge in [0.05, 0.1) is 18.6 Å². The maximum atomic E-state index is 14.2. The van der Waals surface area contributed by atoms with Crippen molar-refractivity contribution in [3.63, 3.8) is 0 Å². The zero-order chi connectivity index (χ0) is 23.7. The summed E-state index contributed by atoms with van der Waals surface area (Å²) in [5.41, 5.74) is -0.253. The Morgan fingerprint density at radius 2 is 1.59 bits per heavy atom. The first-order valence-electron chi connectivity index (χ1n) is 9.52. The second-order valence-electron chi connectivity index (χ2n) is 7.39. The summed E-state index contributed by atoms with van der Waals surface area (Å²) in [7, 11) is 1.04. The van der Waals surface area contributed by atoms with Gasteiger partial charge in [-0.3, -0.25) is 4.68 Å². The van der Waals surface area contributed by atoms with Crippen LogP contribution in [0.25, 0.3) is 22.4 Å². The van der Waals surface area contributed by atoms with E-state index in [9.17, 15) is 21.6 Å². The van der Waals surface area contributed by atoms with E-state index in [0.29, 0.717) is 23.4 Å². The number of halogens is 3. The van der Waals surface area contributed by atoms with Crippen molar-refractivity contribution in [2.24, 2.45) is 5.14 Å². The Kier molecular flexibility index (Phi) is 6.63. The third-order valence-electron chi connectivity index (χ3n) is 4.81. The highest BCUT2D eigenvalue weighted by Gasteiger charge is 2.40. The molecule has 11 heteroatoms. The lowest BCUT2D eigenvalue weighted by molar-refractivity contribution is -0.143. The van der Waals surface area contributed by atoms with Gasteiger partial charge in [0, 0.05) is 17.7 Å². The lowest BCUT2D eigenvalue weighted by atomic mass is 9.98. The number of hydrogen-bond donors (Lipinski definition) is 1. The molecule has 1 heterocycles. The maximum absolute atomic E-state index is 14.2. The first kappa shape index (κ1) is 23.8. The van der Waals surface area contributed by atoms with Gasteiger partial charge in [0.15, 0.2) is 5.69 Å². The predicted octanol–water partition coefficient (Wildman–Crippen LogP) is 3.45. The highest BCUT2D eigenvalue weighted by Crippen LogP contribution is 2.43. The summed E-state index contributed by atoms with van der Waals surface area (Å²) in [6, 6.07) is 11.5. The lowest BCUT2D eigenvalue weighted by Gasteiger charge is -2.15. The molecule has 0 atom stereocenters. The number of nitrogens with zero attached hydrogens (tertiary/aromatic N) is 3. The molecule has 0 aliphatic heterocycles. The fourth-order valence-corrected chi connectivity index (χ4v) is 3.76. The van der Waals surface area contributed by atoms with Crippen molar-refractivity contribution < 1.29 is 26.3 Å². The van der Waals surface area contributed by atoms with E-state index in [-0.39, 0.29) is 22.7 Å². The Hall–Kier alpha value is -2.89. The first-order chi connectivity index (χ1) is 14.9. The third kappa shape index (κ3) is 5.12. The monoisotopic (exact) mass is 468 g/mol. The summed E-state index contributed by atoms with van der Waals surface area (Å²) >= 11 is 0. The number of aromatic nitrogens is 2. The zero-order valence-electron chi connectivity index (χ0n) is 17.7. The third-order valence-corrected chi connectivity index (χ3v) is 5.74. The van der Waals surface area contributed by atoms with Gasteiger partial charge in [0.25, 0.3) is 0 Å². The van der Waals surface area contributed by atoms with Crippen LogP contribution in [0.3, 0.4) is 0 Å². The molecule has 172 valence electrons. The standard InChI is InChI=1S/C21H23F3N4O3S/c1-27(2)12-13-28-20(21(22,23)24)18(14-4-8-16(31-3)9-5-14)19(26-28)15-6-10-17(11-7-15)32(25,29)30/h4-11H,12-13H2,1-3H3,(H2,25,29,30). The van der Waals surface area contributed by atoms with Crippen LogP contribution in [0.1, 0.15) is 5.69 Å². The van der Waals surface area contributed by atoms with Crippen molar-refractivity contribution in [2.75, 3.05) is 27.7 Å². The van der Waals surface area contributed by atoms with Crippen LogP contribution in [0.5, 0.6) is 5.75 Å². The van der Waals surface area contributed by atoms with Crippen LogP contribution in [-0.4, -0.2) is 50.8 Å². The molecule has 0 aliphatic carbocycles. The van der Waals surface area contributed by atoms with Gasteiger partial charge in [0.1, 0.15) is 11.4 Å². The number of primary sulfonamides is 1. The quantitative estimate of drug-likeness (QED) is 0.574. The number of likely N-dealkylation sites (N-methyl/N-ethyl adjacent to an activating group) is 1. The summed E-state index contributed by atoms with van der Waals surface area (Å²) in [5, 5.41) is 9.42. The number of rotatable bonds is 7. The summed E-state index contributed by atoms with van der Waals surface area (Å²) in [5.74, 6) is 0.501. The molecule has 0 saturated heterocycles. The average Bonchev–Trinajstić information content (AvgIpc) is 3.12. The predicted molar refractivity (Wildman–Crippen MR) is 115 cm³/mol. The molecule has 1 aromatic heterocycles. The number of alkyl halides is 3. The first-order valence-corrected chi connectivity index (χ1v) is 11.1. The number of nitrogens with two attached hydrogens (primary N) is 1. The van der Waals surface area contributed by atoms with E-state index in [1.54, 1.807) is 31.1 Å². The fourth-order valence-electron chi connectivity index (χ4n) is 3.24. The molecule has 0 bridgehead atoms. The van der Waals surface area contributed by atoms with Gasteiger partial charge in [-0.05, 0) is 43.9 Å². The summed E-state index contributed by atoms with van der Waals surface area (Å²) in [4.78, 5) is 1.62. The summed E-state index contributed by atoms with van der Waals surface area (Å²) < 4.78 is 71.8. The van der Waals surface area contributed by atoms with Crippen molar-refractivity contribution in [1.29, 1.82) is 0 Å². The second-order valence-corrected chi connectivity index (χ2v) is 8.96. The molecule has 32 heavy (non-hydrogen) atoms. The molecular formula is C21H23F3N4O3S. The Morgan fingerprint density at radius 3 is 2.06 bits per heavy atom. The Bertz CT molecular complexity index is 1190. The van der Waals surface area contributed by atoms with Crippen molar-refractivity contribution in [1.82, 2.24) is 14.7 Å². The molecule has 0 saturated carbocycles. The molecule has 3 aromatic rings. The van der Waals surface area contributed by atoms with Crippen LogP contribution in [0, 0.1) is 0 Å². The SMILES string of the molecule is COc1ccc(-c2c(-c3ccc(S(N)(=O)=O)cc3)nn(CCN(C)C)c2C(F)(F)F)cc1. The number of benzene rings is 2. The topological polar surface area (TPSA) is 90.5 Å². The fraction of sp³-hybridized carbons (Fsp3) is 0.286. The molecule has 0 aliphatic rings.